The van der Waals surface area contributed by atoms with Gasteiger partial charge in [-0.15, -0.1) is 0 Å². The summed E-state index contributed by atoms with van der Waals surface area (Å²) in [6, 6.07) is 0. The summed E-state index contributed by atoms with van der Waals surface area (Å²) in [5.74, 6) is 1.18. The second-order valence-corrected chi connectivity index (χ2v) is 3.39. The average Bonchev–Trinajstić information content (AvgIpc) is 1.81. The highest BCUT2D eigenvalue weighted by molar-refractivity contribution is 8.77. The third-order valence-corrected chi connectivity index (χ3v) is 2.15. The van der Waals surface area contributed by atoms with Crippen molar-refractivity contribution in [3.05, 3.63) is 6.23 Å². The maximum atomic E-state index is 6.66. The van der Waals surface area contributed by atoms with E-state index in [-0.39, 0.29) is 0 Å². The summed E-state index contributed by atoms with van der Waals surface area (Å²) in [7, 11) is 3.26. The molecule has 7 heavy (non-hydrogen) atoms. The van der Waals surface area contributed by atoms with E-state index < -0.39 is 0 Å². The van der Waals surface area contributed by atoms with Gasteiger partial charge in [-0.1, -0.05) is 34.9 Å². The van der Waals surface area contributed by atoms with Crippen LogP contribution in [-0.4, -0.2) is 5.75 Å². The van der Waals surface area contributed by atoms with Gasteiger partial charge in [0.25, 0.3) is 0 Å². The predicted molar refractivity (Wildman–Crippen MR) is 40.3 cm³/mol. The van der Waals surface area contributed by atoms with Crippen LogP contribution in [0.1, 0.15) is 21.1 Å². The Bertz CT molecular complexity index is 35.4. The second-order valence-electron chi connectivity index (χ2n) is 1.27. The second kappa shape index (κ2) is 6.70. The molecule has 0 fully saturated rings. The summed E-state index contributed by atoms with van der Waals surface area (Å²) >= 11 is 0. The molecule has 0 rings (SSSR count). The average molecular weight is 136 g/mol. The molecule has 2 heteroatoms. The van der Waals surface area contributed by atoms with Crippen molar-refractivity contribution in [3.63, 3.8) is 0 Å². The molecule has 0 nitrogen and oxygen atoms in total. The molecule has 0 saturated carbocycles. The Labute approximate surface area is 55.3 Å². The van der Waals surface area contributed by atoms with Gasteiger partial charge in [0.2, 0.25) is 0 Å². The maximum Gasteiger partial charge on any atom is 0.0398 e. The van der Waals surface area contributed by atoms with Gasteiger partial charge in [0.15, 0.2) is 0 Å². The Balaban J connectivity index is 2.53. The van der Waals surface area contributed by atoms with Gasteiger partial charge in [-0.3, -0.25) is 0 Å². The summed E-state index contributed by atoms with van der Waals surface area (Å²) in [5, 5.41) is 0. The Morgan fingerprint density at radius 3 is 3.29 bits per heavy atom. The van der Waals surface area contributed by atoms with E-state index in [0.29, 0.717) is 0 Å². The Morgan fingerprint density at radius 1 is 1.86 bits per heavy atom. The molecule has 0 unspecified atom stereocenters. The SMILES string of the molecule is [2H][CH]SSCCCC. The Kier molecular flexibility index (Phi) is 5.58. The molecular formula is C5H11S2. The van der Waals surface area contributed by atoms with E-state index in [1.807, 2.05) is 0 Å². The number of hydrogen-bond acceptors (Lipinski definition) is 2. The van der Waals surface area contributed by atoms with Crippen LogP contribution in [0, 0.1) is 6.23 Å². The van der Waals surface area contributed by atoms with Crippen LogP contribution in [0.4, 0.5) is 0 Å². The molecule has 0 aromatic heterocycles. The third kappa shape index (κ3) is 6.70. The third-order valence-electron chi connectivity index (χ3n) is 0.649. The van der Waals surface area contributed by atoms with Crippen LogP contribution >= 0.6 is 21.6 Å². The number of hydrogen-bond donors (Lipinski definition) is 0. The van der Waals surface area contributed by atoms with Crippen molar-refractivity contribution in [2.75, 3.05) is 5.75 Å². The molecular weight excluding hydrogens is 124 g/mol. The van der Waals surface area contributed by atoms with Gasteiger partial charge < -0.3 is 0 Å². The highest BCUT2D eigenvalue weighted by atomic mass is 33.1. The lowest BCUT2D eigenvalue weighted by molar-refractivity contribution is 0.898. The fourth-order valence-corrected chi connectivity index (χ4v) is 1.40. The summed E-state index contributed by atoms with van der Waals surface area (Å²) in [4.78, 5) is 0. The van der Waals surface area contributed by atoms with Gasteiger partial charge in [0, 0.05) is 13.4 Å². The van der Waals surface area contributed by atoms with Crippen molar-refractivity contribution in [1.82, 2.24) is 0 Å². The molecule has 0 atom stereocenters. The molecule has 0 N–H and O–H groups in total. The standard InChI is InChI=1S/C5H11S2/c1-3-4-5-7-6-2/h2-5H2,1H3/i2D. The quantitative estimate of drug-likeness (QED) is 0.421. The lowest BCUT2D eigenvalue weighted by atomic mass is 10.4. The first-order chi connectivity index (χ1) is 3.91. The zero-order valence-electron chi connectivity index (χ0n) is 5.52. The van der Waals surface area contributed by atoms with Gasteiger partial charge in [0.05, 0.1) is 0 Å². The van der Waals surface area contributed by atoms with Crippen LogP contribution in [0.15, 0.2) is 0 Å². The van der Waals surface area contributed by atoms with Crippen LogP contribution < -0.4 is 0 Å². The van der Waals surface area contributed by atoms with Gasteiger partial charge in [-0.25, -0.2) is 0 Å². The van der Waals surface area contributed by atoms with Gasteiger partial charge >= 0.3 is 0 Å². The van der Waals surface area contributed by atoms with E-state index in [1.165, 1.54) is 35.6 Å². The van der Waals surface area contributed by atoms with E-state index in [9.17, 15) is 0 Å². The van der Waals surface area contributed by atoms with Crippen LogP contribution in [0.2, 0.25) is 0 Å². The predicted octanol–water partition coefficient (Wildman–Crippen LogP) is 2.96. The molecule has 0 spiro atoms. The van der Waals surface area contributed by atoms with Gasteiger partial charge in [-0.2, -0.15) is 0 Å². The molecule has 0 bridgehead atoms. The lowest BCUT2D eigenvalue weighted by Gasteiger charge is -1.90. The molecule has 0 aliphatic carbocycles. The van der Waals surface area contributed by atoms with E-state index in [2.05, 4.69) is 6.92 Å². The minimum atomic E-state index is 1.18. The van der Waals surface area contributed by atoms with E-state index >= 15 is 0 Å². The minimum Gasteiger partial charge on any atom is -0.0941 e. The van der Waals surface area contributed by atoms with Crippen molar-refractivity contribution in [2.24, 2.45) is 0 Å². The number of rotatable bonds is 5. The molecule has 0 aromatic carbocycles. The molecule has 1 radical (unpaired) electrons. The van der Waals surface area contributed by atoms with Crippen LogP contribution in [0.5, 0.6) is 0 Å². The van der Waals surface area contributed by atoms with Gasteiger partial charge in [0.1, 0.15) is 0 Å². The van der Waals surface area contributed by atoms with E-state index in [0.717, 1.165) is 0 Å². The molecule has 0 heterocycles. The van der Waals surface area contributed by atoms with Crippen molar-refractivity contribution < 1.29 is 1.37 Å². The molecule has 0 aliphatic rings. The molecule has 0 saturated heterocycles. The monoisotopic (exact) mass is 136 g/mol. The first kappa shape index (κ1) is 5.83. The Hall–Kier alpha value is 0.700. The number of unbranched alkanes of at least 4 members (excludes halogenated alkanes) is 1. The fraction of sp³-hybridized carbons (Fsp3) is 0.800. The van der Waals surface area contributed by atoms with Crippen molar-refractivity contribution in [3.8, 4) is 0 Å². The van der Waals surface area contributed by atoms with Crippen molar-refractivity contribution in [1.29, 1.82) is 0 Å². The summed E-state index contributed by atoms with van der Waals surface area (Å²) in [5.41, 5.74) is 0. The molecule has 0 amide bonds. The Morgan fingerprint density at radius 2 is 2.71 bits per heavy atom. The van der Waals surface area contributed by atoms with Crippen LogP contribution in [-0.2, 0) is 0 Å². The van der Waals surface area contributed by atoms with E-state index in [1.54, 1.807) is 10.8 Å². The molecule has 0 aromatic rings. The highest BCUT2D eigenvalue weighted by Gasteiger charge is 1.80. The molecule has 0 aliphatic heterocycles. The summed E-state index contributed by atoms with van der Waals surface area (Å²) in [6.45, 7) is 2.18. The van der Waals surface area contributed by atoms with E-state index in [4.69, 9.17) is 1.37 Å². The van der Waals surface area contributed by atoms with Crippen molar-refractivity contribution >= 4 is 21.6 Å². The first-order valence-corrected chi connectivity index (χ1v) is 4.78. The minimum absolute atomic E-state index is 1.18. The van der Waals surface area contributed by atoms with Crippen molar-refractivity contribution in [2.45, 2.75) is 19.8 Å². The van der Waals surface area contributed by atoms with Crippen LogP contribution in [0.25, 0.3) is 0 Å². The fourth-order valence-electron chi connectivity index (χ4n) is 0.251. The lowest BCUT2D eigenvalue weighted by Crippen LogP contribution is -1.70. The first-order valence-electron chi connectivity index (χ1n) is 2.98. The van der Waals surface area contributed by atoms with Gasteiger partial charge in [-0.05, 0) is 6.42 Å². The van der Waals surface area contributed by atoms with Crippen LogP contribution in [0.3, 0.4) is 0 Å². The topological polar surface area (TPSA) is 0 Å². The largest absolute Gasteiger partial charge is 0.0941 e. The zero-order chi connectivity index (χ0) is 6.24. The normalized spacial score (nSPS) is 11.3. The highest BCUT2D eigenvalue weighted by Crippen LogP contribution is 2.19. The smallest absolute Gasteiger partial charge is 0.0398 e. The maximum absolute atomic E-state index is 6.66. The molecule has 43 valence electrons. The zero-order valence-corrected chi connectivity index (χ0v) is 6.15. The summed E-state index contributed by atoms with van der Waals surface area (Å²) in [6.07, 6.45) is 3.90. The summed E-state index contributed by atoms with van der Waals surface area (Å²) < 4.78 is 6.66.